The van der Waals surface area contributed by atoms with Crippen molar-refractivity contribution in [2.24, 2.45) is 0 Å². The molecule has 8 heteroatoms. The predicted octanol–water partition coefficient (Wildman–Crippen LogP) is 1.01. The zero-order valence-electron chi connectivity index (χ0n) is 13.0. The van der Waals surface area contributed by atoms with Gasteiger partial charge in [-0.2, -0.15) is 4.31 Å². The Hall–Kier alpha value is -0.960. The van der Waals surface area contributed by atoms with Crippen LogP contribution in [0.1, 0.15) is 24.0 Å². The van der Waals surface area contributed by atoms with Gasteiger partial charge in [0, 0.05) is 19.1 Å². The lowest BCUT2D eigenvalue weighted by Crippen LogP contribution is -2.39. The Morgan fingerprint density at radius 3 is 2.27 bits per heavy atom. The molecule has 1 aromatic rings. The van der Waals surface area contributed by atoms with Crippen molar-refractivity contribution in [1.82, 2.24) is 9.03 Å². The fraction of sp³-hybridized carbons (Fsp3) is 0.571. The SMILES string of the molecule is Cc1ccc(S(=O)(=O)NCCN(C2CC2)S(C)(=O)=O)cc1C. The van der Waals surface area contributed by atoms with E-state index >= 15 is 0 Å². The van der Waals surface area contributed by atoms with Gasteiger partial charge in [0.2, 0.25) is 20.0 Å². The smallest absolute Gasteiger partial charge is 0.212 e. The summed E-state index contributed by atoms with van der Waals surface area (Å²) in [6.45, 7) is 4.00. The van der Waals surface area contributed by atoms with Gasteiger partial charge in [0.1, 0.15) is 0 Å². The van der Waals surface area contributed by atoms with Gasteiger partial charge in [0.05, 0.1) is 11.2 Å². The van der Waals surface area contributed by atoms with E-state index in [1.54, 1.807) is 18.2 Å². The molecule has 0 heterocycles. The molecule has 0 aromatic heterocycles. The van der Waals surface area contributed by atoms with Crippen LogP contribution in [0.25, 0.3) is 0 Å². The van der Waals surface area contributed by atoms with Crippen LogP contribution in [0.5, 0.6) is 0 Å². The molecule has 0 atom stereocenters. The van der Waals surface area contributed by atoms with E-state index in [4.69, 9.17) is 0 Å². The standard InChI is InChI=1S/C14H22N2O4S2/c1-11-4-7-14(10-12(11)2)22(19,20)15-8-9-16(13-5-6-13)21(3,17)18/h4,7,10,13,15H,5-6,8-9H2,1-3H3. The molecule has 0 radical (unpaired) electrons. The third-order valence-electron chi connectivity index (χ3n) is 3.79. The lowest BCUT2D eigenvalue weighted by molar-refractivity contribution is 0.410. The fourth-order valence-electron chi connectivity index (χ4n) is 2.24. The second kappa shape index (κ2) is 6.27. The predicted molar refractivity (Wildman–Crippen MR) is 85.7 cm³/mol. The van der Waals surface area contributed by atoms with E-state index in [1.165, 1.54) is 4.31 Å². The van der Waals surface area contributed by atoms with Crippen molar-refractivity contribution < 1.29 is 16.8 Å². The van der Waals surface area contributed by atoms with E-state index in [1.807, 2.05) is 13.8 Å². The first-order chi connectivity index (χ1) is 10.1. The van der Waals surface area contributed by atoms with Crippen LogP contribution in [0, 0.1) is 13.8 Å². The molecule has 0 spiro atoms. The zero-order valence-corrected chi connectivity index (χ0v) is 14.7. The van der Waals surface area contributed by atoms with Crippen molar-refractivity contribution in [2.75, 3.05) is 19.3 Å². The van der Waals surface area contributed by atoms with Crippen LogP contribution in [-0.4, -0.2) is 46.5 Å². The summed E-state index contributed by atoms with van der Waals surface area (Å²) in [6.07, 6.45) is 2.84. The third-order valence-corrected chi connectivity index (χ3v) is 6.58. The van der Waals surface area contributed by atoms with Crippen LogP contribution in [0.4, 0.5) is 0 Å². The van der Waals surface area contributed by atoms with E-state index in [0.717, 1.165) is 30.2 Å². The first-order valence-electron chi connectivity index (χ1n) is 7.15. The highest BCUT2D eigenvalue weighted by atomic mass is 32.2. The molecule has 2 rings (SSSR count). The maximum absolute atomic E-state index is 12.2. The monoisotopic (exact) mass is 346 g/mol. The van der Waals surface area contributed by atoms with Gasteiger partial charge in [-0.25, -0.2) is 21.6 Å². The molecule has 0 amide bonds. The van der Waals surface area contributed by atoms with Crippen molar-refractivity contribution >= 4 is 20.0 Å². The summed E-state index contributed by atoms with van der Waals surface area (Å²) < 4.78 is 51.6. The molecule has 1 aliphatic rings. The maximum Gasteiger partial charge on any atom is 0.240 e. The highest BCUT2D eigenvalue weighted by Crippen LogP contribution is 2.28. The largest absolute Gasteiger partial charge is 0.240 e. The van der Waals surface area contributed by atoms with Crippen molar-refractivity contribution in [1.29, 1.82) is 0 Å². The number of nitrogens with one attached hydrogen (secondary N) is 1. The number of hydrogen-bond donors (Lipinski definition) is 1. The van der Waals surface area contributed by atoms with Crippen LogP contribution < -0.4 is 4.72 Å². The van der Waals surface area contributed by atoms with E-state index in [0.29, 0.717) is 0 Å². The molecule has 1 N–H and O–H groups in total. The normalized spacial score (nSPS) is 16.2. The highest BCUT2D eigenvalue weighted by Gasteiger charge is 2.34. The quantitative estimate of drug-likeness (QED) is 0.798. The van der Waals surface area contributed by atoms with E-state index in [2.05, 4.69) is 4.72 Å². The van der Waals surface area contributed by atoms with Crippen LogP contribution >= 0.6 is 0 Å². The van der Waals surface area contributed by atoms with Gasteiger partial charge < -0.3 is 0 Å². The van der Waals surface area contributed by atoms with Gasteiger partial charge >= 0.3 is 0 Å². The van der Waals surface area contributed by atoms with Gasteiger partial charge in [0.15, 0.2) is 0 Å². The van der Waals surface area contributed by atoms with Crippen LogP contribution in [0.2, 0.25) is 0 Å². The molecule has 6 nitrogen and oxygen atoms in total. The number of nitrogens with zero attached hydrogens (tertiary/aromatic N) is 1. The summed E-state index contributed by atoms with van der Waals surface area (Å²) >= 11 is 0. The number of benzene rings is 1. The zero-order chi connectivity index (χ0) is 16.5. The summed E-state index contributed by atoms with van der Waals surface area (Å²) in [6, 6.07) is 4.96. The minimum atomic E-state index is -3.62. The molecule has 22 heavy (non-hydrogen) atoms. The first kappa shape index (κ1) is 17.4. The molecule has 0 aliphatic heterocycles. The lowest BCUT2D eigenvalue weighted by Gasteiger charge is -2.19. The van der Waals surface area contributed by atoms with Crippen molar-refractivity contribution in [3.63, 3.8) is 0 Å². The molecule has 1 fully saturated rings. The van der Waals surface area contributed by atoms with E-state index in [-0.39, 0.29) is 24.0 Å². The van der Waals surface area contributed by atoms with Gasteiger partial charge in [-0.3, -0.25) is 0 Å². The summed E-state index contributed by atoms with van der Waals surface area (Å²) in [5, 5.41) is 0. The Balaban J connectivity index is 2.02. The average Bonchev–Trinajstić information content (AvgIpc) is 3.20. The summed E-state index contributed by atoms with van der Waals surface area (Å²) in [7, 11) is -6.92. The molecule has 1 aromatic carbocycles. The van der Waals surface area contributed by atoms with Crippen LogP contribution in [0.15, 0.2) is 23.1 Å². The molecule has 124 valence electrons. The Morgan fingerprint density at radius 2 is 1.77 bits per heavy atom. The number of aryl methyl sites for hydroxylation is 2. The minimum absolute atomic E-state index is 0.0288. The Labute approximate surface area is 132 Å². The second-order valence-electron chi connectivity index (χ2n) is 5.75. The Kier molecular flexibility index (Phi) is 4.96. The number of hydrogen-bond acceptors (Lipinski definition) is 4. The lowest BCUT2D eigenvalue weighted by atomic mass is 10.1. The number of rotatable bonds is 7. The van der Waals surface area contributed by atoms with Crippen molar-refractivity contribution in [3.8, 4) is 0 Å². The average molecular weight is 346 g/mol. The fourth-order valence-corrected chi connectivity index (χ4v) is 4.52. The topological polar surface area (TPSA) is 83.6 Å². The van der Waals surface area contributed by atoms with Gasteiger partial charge in [-0.15, -0.1) is 0 Å². The van der Waals surface area contributed by atoms with Gasteiger partial charge in [0.25, 0.3) is 0 Å². The van der Waals surface area contributed by atoms with Crippen LogP contribution in [-0.2, 0) is 20.0 Å². The molecule has 0 unspecified atom stereocenters. The first-order valence-corrected chi connectivity index (χ1v) is 10.5. The van der Waals surface area contributed by atoms with Crippen molar-refractivity contribution in [2.45, 2.75) is 37.6 Å². The Bertz CT molecular complexity index is 753. The van der Waals surface area contributed by atoms with Crippen LogP contribution in [0.3, 0.4) is 0 Å². The molecule has 0 bridgehead atoms. The minimum Gasteiger partial charge on any atom is -0.212 e. The number of sulfonamides is 2. The Morgan fingerprint density at radius 1 is 1.14 bits per heavy atom. The van der Waals surface area contributed by atoms with Crippen molar-refractivity contribution in [3.05, 3.63) is 29.3 Å². The molecule has 1 aliphatic carbocycles. The highest BCUT2D eigenvalue weighted by molar-refractivity contribution is 7.89. The third kappa shape index (κ3) is 4.28. The second-order valence-corrected chi connectivity index (χ2v) is 9.45. The summed E-state index contributed by atoms with van der Waals surface area (Å²) in [5.41, 5.74) is 1.93. The van der Waals surface area contributed by atoms with Gasteiger partial charge in [-0.1, -0.05) is 6.07 Å². The molecule has 1 saturated carbocycles. The van der Waals surface area contributed by atoms with Gasteiger partial charge in [-0.05, 0) is 49.9 Å². The maximum atomic E-state index is 12.2. The molecule has 0 saturated heterocycles. The van der Waals surface area contributed by atoms with E-state index in [9.17, 15) is 16.8 Å². The van der Waals surface area contributed by atoms with E-state index < -0.39 is 20.0 Å². The molecular formula is C14H22N2O4S2. The summed E-state index contributed by atoms with van der Waals surface area (Å²) in [4.78, 5) is 0.202. The summed E-state index contributed by atoms with van der Waals surface area (Å²) in [5.74, 6) is 0. The molecular weight excluding hydrogens is 324 g/mol.